The first-order chi connectivity index (χ1) is 9.17. The largest absolute Gasteiger partial charge is 0.396 e. The molecule has 0 saturated heterocycles. The third kappa shape index (κ3) is 2.83. The van der Waals surface area contributed by atoms with E-state index in [0.717, 1.165) is 22.0 Å². The molecule has 0 aliphatic carbocycles. The Kier molecular flexibility index (Phi) is 4.30. The number of thiophene rings is 1. The van der Waals surface area contributed by atoms with Crippen molar-refractivity contribution in [2.45, 2.75) is 11.4 Å². The number of hydrogen-bond acceptors (Lipinski definition) is 6. The van der Waals surface area contributed by atoms with Gasteiger partial charge >= 0.3 is 0 Å². The molecule has 0 saturated carbocycles. The van der Waals surface area contributed by atoms with Gasteiger partial charge in [-0.3, -0.25) is 4.98 Å². The van der Waals surface area contributed by atoms with Crippen molar-refractivity contribution < 1.29 is 0 Å². The van der Waals surface area contributed by atoms with Crippen molar-refractivity contribution in [2.24, 2.45) is 0 Å². The smallest absolute Gasteiger partial charge is 0.131 e. The van der Waals surface area contributed by atoms with E-state index in [1.807, 2.05) is 31.6 Å². The number of nitrogens with zero attached hydrogens (tertiary/aromatic N) is 3. The molecule has 98 valence electrons. The quantitative estimate of drug-likeness (QED) is 0.877. The summed E-state index contributed by atoms with van der Waals surface area (Å²) in [6.07, 6.45) is 5.58. The Morgan fingerprint density at radius 3 is 2.95 bits per heavy atom. The zero-order chi connectivity index (χ0) is 13.8. The van der Waals surface area contributed by atoms with Gasteiger partial charge in [0.25, 0.3) is 0 Å². The molecule has 0 bridgehead atoms. The minimum absolute atomic E-state index is 0.581. The van der Waals surface area contributed by atoms with E-state index in [1.165, 1.54) is 11.3 Å². The highest BCUT2D eigenvalue weighted by Gasteiger charge is 2.18. The van der Waals surface area contributed by atoms with Crippen molar-refractivity contribution in [3.63, 3.8) is 0 Å². The van der Waals surface area contributed by atoms with Gasteiger partial charge in [0.2, 0.25) is 0 Å². The van der Waals surface area contributed by atoms with Crippen LogP contribution in [0, 0.1) is 11.3 Å². The average molecular weight is 290 g/mol. The second kappa shape index (κ2) is 5.95. The van der Waals surface area contributed by atoms with Crippen molar-refractivity contribution in [3.8, 4) is 6.07 Å². The highest BCUT2D eigenvalue weighted by Crippen LogP contribution is 2.43. The molecular formula is C13H14N4S2. The number of nitriles is 1. The Morgan fingerprint density at radius 1 is 1.58 bits per heavy atom. The second-order valence-corrected chi connectivity index (χ2v) is 5.83. The van der Waals surface area contributed by atoms with E-state index in [0.29, 0.717) is 10.6 Å². The maximum atomic E-state index is 9.07. The van der Waals surface area contributed by atoms with Crippen molar-refractivity contribution >= 4 is 33.8 Å². The average Bonchev–Trinajstić information content (AvgIpc) is 2.76. The zero-order valence-electron chi connectivity index (χ0n) is 10.8. The number of thioether (sulfide) groups is 1. The van der Waals surface area contributed by atoms with Gasteiger partial charge < -0.3 is 10.6 Å². The summed E-state index contributed by atoms with van der Waals surface area (Å²) in [5, 5.41) is 10.1. The van der Waals surface area contributed by atoms with Gasteiger partial charge in [0, 0.05) is 26.0 Å². The van der Waals surface area contributed by atoms with Crippen LogP contribution in [-0.4, -0.2) is 18.3 Å². The van der Waals surface area contributed by atoms with E-state index < -0.39 is 0 Å². The van der Waals surface area contributed by atoms with E-state index in [1.54, 1.807) is 18.0 Å². The Labute approximate surface area is 120 Å². The SMILES string of the molecule is CSc1c(N(C)Cc2cccnc2)sc(C#N)c1N. The lowest BCUT2D eigenvalue weighted by molar-refractivity contribution is 0.917. The van der Waals surface area contributed by atoms with Gasteiger partial charge in [-0.25, -0.2) is 0 Å². The molecule has 2 rings (SSSR count). The van der Waals surface area contributed by atoms with Crippen LogP contribution in [-0.2, 0) is 6.54 Å². The first-order valence-electron chi connectivity index (χ1n) is 5.63. The number of nitrogens with two attached hydrogens (primary N) is 1. The second-order valence-electron chi connectivity index (χ2n) is 4.01. The summed E-state index contributed by atoms with van der Waals surface area (Å²) in [7, 11) is 2.00. The third-order valence-electron chi connectivity index (χ3n) is 2.68. The normalized spacial score (nSPS) is 10.2. The van der Waals surface area contributed by atoms with Gasteiger partial charge in [-0.05, 0) is 17.9 Å². The summed E-state index contributed by atoms with van der Waals surface area (Å²) in [5.41, 5.74) is 7.70. The minimum Gasteiger partial charge on any atom is -0.396 e. The van der Waals surface area contributed by atoms with Crippen molar-refractivity contribution in [3.05, 3.63) is 35.0 Å². The fourth-order valence-corrected chi connectivity index (χ4v) is 3.75. The summed E-state index contributed by atoms with van der Waals surface area (Å²) < 4.78 is 0. The molecule has 0 radical (unpaired) electrons. The van der Waals surface area contributed by atoms with Gasteiger partial charge in [-0.15, -0.1) is 23.1 Å². The van der Waals surface area contributed by atoms with Gasteiger partial charge in [0.15, 0.2) is 0 Å². The Balaban J connectivity index is 2.29. The number of nitrogen functional groups attached to an aromatic ring is 1. The molecule has 0 amide bonds. The van der Waals surface area contributed by atoms with Gasteiger partial charge in [-0.1, -0.05) is 6.07 Å². The summed E-state index contributed by atoms with van der Waals surface area (Å²) in [4.78, 5) is 7.77. The summed E-state index contributed by atoms with van der Waals surface area (Å²) in [6, 6.07) is 6.10. The van der Waals surface area contributed by atoms with Crippen molar-refractivity contribution in [1.29, 1.82) is 5.26 Å². The maximum Gasteiger partial charge on any atom is 0.131 e. The Hall–Kier alpha value is -1.71. The molecule has 0 aromatic carbocycles. The van der Waals surface area contributed by atoms with Gasteiger partial charge in [0.05, 0.1) is 10.6 Å². The molecule has 2 aromatic heterocycles. The molecule has 19 heavy (non-hydrogen) atoms. The van der Waals surface area contributed by atoms with Crippen LogP contribution in [0.25, 0.3) is 0 Å². The highest BCUT2D eigenvalue weighted by molar-refractivity contribution is 7.99. The lowest BCUT2D eigenvalue weighted by Gasteiger charge is -2.18. The number of aromatic nitrogens is 1. The monoisotopic (exact) mass is 290 g/mol. The molecule has 0 spiro atoms. The standard InChI is InChI=1S/C13H14N4S2/c1-17(8-9-4-3-5-16-7-9)13-12(18-2)11(15)10(6-14)19-13/h3-5,7H,8,15H2,1-2H3. The summed E-state index contributed by atoms with van der Waals surface area (Å²) in [6.45, 7) is 0.742. The van der Waals surface area contributed by atoms with Gasteiger partial charge in [-0.2, -0.15) is 5.26 Å². The number of rotatable bonds is 4. The molecule has 2 aromatic rings. The molecule has 4 nitrogen and oxygen atoms in total. The summed E-state index contributed by atoms with van der Waals surface area (Å²) >= 11 is 3.01. The Bertz CT molecular complexity index is 601. The maximum absolute atomic E-state index is 9.07. The van der Waals surface area contributed by atoms with E-state index in [-0.39, 0.29) is 0 Å². The van der Waals surface area contributed by atoms with E-state index in [4.69, 9.17) is 11.0 Å². The first kappa shape index (κ1) is 13.7. The summed E-state index contributed by atoms with van der Waals surface area (Å²) in [5.74, 6) is 0. The minimum atomic E-state index is 0.581. The highest BCUT2D eigenvalue weighted by atomic mass is 32.2. The lowest BCUT2D eigenvalue weighted by atomic mass is 10.3. The molecule has 2 heterocycles. The topological polar surface area (TPSA) is 65.9 Å². The Morgan fingerprint density at radius 2 is 2.37 bits per heavy atom. The van der Waals surface area contributed by atoms with Crippen LogP contribution in [0.5, 0.6) is 0 Å². The molecule has 0 unspecified atom stereocenters. The van der Waals surface area contributed by atoms with E-state index in [2.05, 4.69) is 16.0 Å². The number of pyridine rings is 1. The fraction of sp³-hybridized carbons (Fsp3) is 0.231. The van der Waals surface area contributed by atoms with Crippen LogP contribution >= 0.6 is 23.1 Å². The molecule has 0 fully saturated rings. The van der Waals surface area contributed by atoms with Gasteiger partial charge in [0.1, 0.15) is 15.9 Å². The number of anilines is 2. The first-order valence-corrected chi connectivity index (χ1v) is 7.68. The van der Waals surface area contributed by atoms with Crippen LogP contribution in [0.1, 0.15) is 10.4 Å². The van der Waals surface area contributed by atoms with Crippen molar-refractivity contribution in [1.82, 2.24) is 4.98 Å². The van der Waals surface area contributed by atoms with E-state index >= 15 is 0 Å². The van der Waals surface area contributed by atoms with E-state index in [9.17, 15) is 0 Å². The van der Waals surface area contributed by atoms with Crippen molar-refractivity contribution in [2.75, 3.05) is 23.9 Å². The van der Waals surface area contributed by atoms with Crippen LogP contribution in [0.15, 0.2) is 29.4 Å². The van der Waals surface area contributed by atoms with Crippen LogP contribution < -0.4 is 10.6 Å². The van der Waals surface area contributed by atoms with Crippen LogP contribution in [0.3, 0.4) is 0 Å². The third-order valence-corrected chi connectivity index (χ3v) is 4.85. The molecule has 0 aliphatic rings. The molecule has 2 N–H and O–H groups in total. The molecular weight excluding hydrogens is 276 g/mol. The molecule has 0 aliphatic heterocycles. The zero-order valence-corrected chi connectivity index (χ0v) is 12.4. The lowest BCUT2D eigenvalue weighted by Crippen LogP contribution is -2.15. The number of hydrogen-bond donors (Lipinski definition) is 1. The molecule has 0 atom stereocenters. The van der Waals surface area contributed by atoms with Crippen LogP contribution in [0.4, 0.5) is 10.7 Å². The van der Waals surface area contributed by atoms with Crippen LogP contribution in [0.2, 0.25) is 0 Å². The fourth-order valence-electron chi connectivity index (χ4n) is 1.79. The predicted molar refractivity (Wildman–Crippen MR) is 81.6 cm³/mol. The molecule has 6 heteroatoms. The predicted octanol–water partition coefficient (Wildman–Crippen LogP) is 2.96.